The molecule has 5 aromatic rings. The van der Waals surface area contributed by atoms with Crippen molar-refractivity contribution < 1.29 is 13.6 Å². The number of fused-ring (bicyclic) bond motifs is 1. The second-order valence-corrected chi connectivity index (χ2v) is 10.3. The number of halogens is 2. The fourth-order valence-electron chi connectivity index (χ4n) is 3.48. The number of aromatic nitrogens is 3. The lowest BCUT2D eigenvalue weighted by Gasteiger charge is -2.10. The number of ketones is 1. The van der Waals surface area contributed by atoms with Crippen molar-refractivity contribution in [1.29, 1.82) is 0 Å². The molecule has 0 radical (unpaired) electrons. The van der Waals surface area contributed by atoms with Gasteiger partial charge in [0.2, 0.25) is 5.78 Å². The zero-order valence-electron chi connectivity index (χ0n) is 17.9. The van der Waals surface area contributed by atoms with Crippen LogP contribution in [0.5, 0.6) is 0 Å². The van der Waals surface area contributed by atoms with Crippen molar-refractivity contribution in [3.63, 3.8) is 0 Å². The van der Waals surface area contributed by atoms with E-state index in [2.05, 4.69) is 19.7 Å². The van der Waals surface area contributed by atoms with Crippen LogP contribution in [0, 0.1) is 11.6 Å². The summed E-state index contributed by atoms with van der Waals surface area (Å²) in [4.78, 5) is 27.0. The first kappa shape index (κ1) is 22.7. The topological polar surface area (TPSA) is 70.7 Å². The minimum absolute atomic E-state index is 0.0788. The molecule has 2 N–H and O–H groups in total. The maximum absolute atomic E-state index is 15.1. The molecule has 0 aliphatic carbocycles. The molecular formula is C24H18F2N4OS3. The zero-order valence-corrected chi connectivity index (χ0v) is 20.3. The average Bonchev–Trinajstić information content (AvgIpc) is 3.60. The van der Waals surface area contributed by atoms with Crippen molar-refractivity contribution in [2.45, 2.75) is 13.3 Å². The Morgan fingerprint density at radius 1 is 1.18 bits per heavy atom. The highest BCUT2D eigenvalue weighted by Gasteiger charge is 2.25. The minimum atomic E-state index is -0.904. The van der Waals surface area contributed by atoms with Gasteiger partial charge in [0, 0.05) is 51.1 Å². The van der Waals surface area contributed by atoms with E-state index in [1.165, 1.54) is 24.2 Å². The normalized spacial score (nSPS) is 11.3. The van der Waals surface area contributed by atoms with E-state index in [9.17, 15) is 9.18 Å². The fourth-order valence-corrected chi connectivity index (χ4v) is 5.81. The number of carbonyl (C=O) groups excluding carboxylic acids is 1. The summed E-state index contributed by atoms with van der Waals surface area (Å²) in [5.41, 5.74) is 0.932. The van der Waals surface area contributed by atoms with Crippen LogP contribution < -0.4 is 4.72 Å². The molecule has 0 fully saturated rings. The molecule has 10 heteroatoms. The van der Waals surface area contributed by atoms with Crippen LogP contribution in [-0.4, -0.2) is 26.5 Å². The Morgan fingerprint density at radius 3 is 2.82 bits per heavy atom. The number of thiazole rings is 1. The number of thiophene rings is 1. The molecule has 0 atom stereocenters. The molecule has 34 heavy (non-hydrogen) atoms. The lowest BCUT2D eigenvalue weighted by atomic mass is 10.0. The molecule has 5 rings (SSSR count). The summed E-state index contributed by atoms with van der Waals surface area (Å²) in [6.45, 7) is 2.00. The summed E-state index contributed by atoms with van der Waals surface area (Å²) >= 11 is 4.43. The number of H-pyrrole nitrogens is 1. The van der Waals surface area contributed by atoms with Crippen LogP contribution in [0.25, 0.3) is 31.4 Å². The van der Waals surface area contributed by atoms with E-state index in [1.54, 1.807) is 35.1 Å². The SMILES string of the molecule is CCCSNc1ccc(F)c(C(=O)c2c[nH]c3ncc(-c4ccc(-c5nccs5)s4)cc23)c1F. The quantitative estimate of drug-likeness (QED) is 0.129. The summed E-state index contributed by atoms with van der Waals surface area (Å²) in [6, 6.07) is 8.19. The van der Waals surface area contributed by atoms with Crippen molar-refractivity contribution in [3.05, 3.63) is 77.1 Å². The predicted octanol–water partition coefficient (Wildman–Crippen LogP) is 7.39. The highest BCUT2D eigenvalue weighted by Crippen LogP contribution is 2.36. The van der Waals surface area contributed by atoms with Gasteiger partial charge in [0.05, 0.1) is 16.1 Å². The third-order valence-electron chi connectivity index (χ3n) is 5.12. The molecule has 0 aliphatic heterocycles. The molecule has 0 saturated carbocycles. The Balaban J connectivity index is 1.51. The molecule has 0 bridgehead atoms. The van der Waals surface area contributed by atoms with E-state index in [0.717, 1.165) is 38.6 Å². The predicted molar refractivity (Wildman–Crippen MR) is 137 cm³/mol. The zero-order chi connectivity index (χ0) is 23.7. The van der Waals surface area contributed by atoms with Crippen LogP contribution >= 0.6 is 34.6 Å². The number of hydrogen-bond donors (Lipinski definition) is 2. The molecular weight excluding hydrogens is 494 g/mol. The number of hydrogen-bond acceptors (Lipinski definition) is 7. The minimum Gasteiger partial charge on any atom is -0.345 e. The lowest BCUT2D eigenvalue weighted by molar-refractivity contribution is 0.103. The number of carbonyl (C=O) groups is 1. The Labute approximate surface area is 206 Å². The smallest absolute Gasteiger partial charge is 0.201 e. The summed E-state index contributed by atoms with van der Waals surface area (Å²) < 4.78 is 32.6. The summed E-state index contributed by atoms with van der Waals surface area (Å²) in [5, 5.41) is 3.36. The van der Waals surface area contributed by atoms with Crippen molar-refractivity contribution in [3.8, 4) is 20.3 Å². The van der Waals surface area contributed by atoms with E-state index >= 15 is 4.39 Å². The van der Waals surface area contributed by atoms with E-state index in [1.807, 2.05) is 30.5 Å². The van der Waals surface area contributed by atoms with Gasteiger partial charge in [-0.1, -0.05) is 18.9 Å². The number of rotatable bonds is 8. The highest BCUT2D eigenvalue weighted by molar-refractivity contribution is 8.00. The monoisotopic (exact) mass is 512 g/mol. The Morgan fingerprint density at radius 2 is 2.03 bits per heavy atom. The number of nitrogens with zero attached hydrogens (tertiary/aromatic N) is 2. The van der Waals surface area contributed by atoms with Gasteiger partial charge in [0.15, 0.2) is 5.82 Å². The van der Waals surface area contributed by atoms with Gasteiger partial charge in [0.1, 0.15) is 16.5 Å². The number of benzene rings is 1. The Hall–Kier alpha value is -3.08. The van der Waals surface area contributed by atoms with Gasteiger partial charge in [-0.3, -0.25) is 4.79 Å². The second-order valence-electron chi connectivity index (χ2n) is 7.39. The maximum Gasteiger partial charge on any atom is 0.201 e. The van der Waals surface area contributed by atoms with E-state index in [-0.39, 0.29) is 11.3 Å². The molecule has 0 spiro atoms. The molecule has 5 nitrogen and oxygen atoms in total. The van der Waals surface area contributed by atoms with Crippen molar-refractivity contribution in [1.82, 2.24) is 15.0 Å². The van der Waals surface area contributed by atoms with Crippen LogP contribution in [0.2, 0.25) is 0 Å². The van der Waals surface area contributed by atoms with Crippen molar-refractivity contribution in [2.75, 3.05) is 10.5 Å². The van der Waals surface area contributed by atoms with Crippen LogP contribution in [0.4, 0.5) is 14.5 Å². The van der Waals surface area contributed by atoms with E-state index in [0.29, 0.717) is 11.0 Å². The van der Waals surface area contributed by atoms with Crippen molar-refractivity contribution >= 4 is 57.1 Å². The molecule has 172 valence electrons. The number of anilines is 1. The Kier molecular flexibility index (Phi) is 6.44. The van der Waals surface area contributed by atoms with Crippen LogP contribution in [0.3, 0.4) is 0 Å². The first-order valence-electron chi connectivity index (χ1n) is 10.4. The lowest BCUT2D eigenvalue weighted by Crippen LogP contribution is -2.09. The van der Waals surface area contributed by atoms with Gasteiger partial charge in [-0.25, -0.2) is 18.7 Å². The van der Waals surface area contributed by atoms with E-state index in [4.69, 9.17) is 0 Å². The first-order valence-corrected chi connectivity index (χ1v) is 13.1. The van der Waals surface area contributed by atoms with E-state index < -0.39 is 23.0 Å². The van der Waals surface area contributed by atoms with Gasteiger partial charge in [-0.2, -0.15) is 0 Å². The third kappa shape index (κ3) is 4.24. The van der Waals surface area contributed by atoms with Gasteiger partial charge in [0.25, 0.3) is 0 Å². The second kappa shape index (κ2) is 9.65. The molecule has 0 amide bonds. The third-order valence-corrected chi connectivity index (χ3v) is 8.17. The first-order chi connectivity index (χ1) is 16.6. The average molecular weight is 513 g/mol. The molecule has 4 aromatic heterocycles. The van der Waals surface area contributed by atoms with Gasteiger partial charge >= 0.3 is 0 Å². The van der Waals surface area contributed by atoms with Gasteiger partial charge in [-0.15, -0.1) is 22.7 Å². The highest BCUT2D eigenvalue weighted by atomic mass is 32.2. The molecule has 4 heterocycles. The van der Waals surface area contributed by atoms with Crippen LogP contribution in [0.1, 0.15) is 29.3 Å². The maximum atomic E-state index is 15.1. The van der Waals surface area contributed by atoms with Crippen LogP contribution in [0.15, 0.2) is 54.3 Å². The van der Waals surface area contributed by atoms with Gasteiger partial charge < -0.3 is 9.71 Å². The number of pyridine rings is 1. The van der Waals surface area contributed by atoms with Crippen LogP contribution in [-0.2, 0) is 0 Å². The molecule has 1 aromatic carbocycles. The number of nitrogens with one attached hydrogen (secondary N) is 2. The van der Waals surface area contributed by atoms with Crippen molar-refractivity contribution in [2.24, 2.45) is 0 Å². The molecule has 0 unspecified atom stereocenters. The Bertz CT molecular complexity index is 1480. The molecule has 0 saturated heterocycles. The van der Waals surface area contributed by atoms with Gasteiger partial charge in [-0.05, 0) is 36.8 Å². The number of aromatic amines is 1. The summed E-state index contributed by atoms with van der Waals surface area (Å²) in [7, 11) is 0. The summed E-state index contributed by atoms with van der Waals surface area (Å²) in [6.07, 6.45) is 5.81. The fraction of sp³-hybridized carbons (Fsp3) is 0.125. The largest absolute Gasteiger partial charge is 0.345 e. The molecule has 0 aliphatic rings. The summed E-state index contributed by atoms with van der Waals surface area (Å²) in [5.74, 6) is -1.79. The standard InChI is InChI=1S/C24H18F2N4OS3/c1-2-8-33-30-17-4-3-16(25)20(21(17)26)22(31)15-12-29-23-14(15)10-13(11-28-23)18-5-6-19(34-18)24-27-7-9-32-24/h3-7,9-12,30H,2,8H2,1H3,(H,28,29).